The van der Waals surface area contributed by atoms with E-state index in [1.807, 2.05) is 0 Å². The van der Waals surface area contributed by atoms with Gasteiger partial charge in [0.2, 0.25) is 0 Å². The highest BCUT2D eigenvalue weighted by molar-refractivity contribution is 6.33. The Balaban J connectivity index is 3.05. The summed E-state index contributed by atoms with van der Waals surface area (Å²) in [5.41, 5.74) is 0.391. The molecule has 6 heteroatoms. The molecule has 2 atom stereocenters. The van der Waals surface area contributed by atoms with Gasteiger partial charge in [0.1, 0.15) is 6.10 Å². The standard InChI is InChI=1S/C12H12ClNO4/c1-18-12(17)8-6-7(2-3-9(8)13)11(16)10(15)4-5-14/h2-3,6,10-11,15-16H,4H2,1H3. The van der Waals surface area contributed by atoms with Crippen LogP contribution in [-0.4, -0.2) is 29.4 Å². The van der Waals surface area contributed by atoms with E-state index < -0.39 is 18.2 Å². The third-order valence-electron chi connectivity index (χ3n) is 2.40. The van der Waals surface area contributed by atoms with Gasteiger partial charge in [-0.05, 0) is 17.7 Å². The molecule has 0 aliphatic carbocycles. The summed E-state index contributed by atoms with van der Waals surface area (Å²) in [6.45, 7) is 0. The van der Waals surface area contributed by atoms with Crippen molar-refractivity contribution >= 4 is 17.6 Å². The number of hydrogen-bond donors (Lipinski definition) is 2. The van der Waals surface area contributed by atoms with Gasteiger partial charge in [0.15, 0.2) is 0 Å². The molecule has 0 saturated carbocycles. The van der Waals surface area contributed by atoms with Crippen LogP contribution in [0.15, 0.2) is 18.2 Å². The number of hydrogen-bond acceptors (Lipinski definition) is 5. The van der Waals surface area contributed by atoms with Crippen LogP contribution < -0.4 is 0 Å². The fraction of sp³-hybridized carbons (Fsp3) is 0.333. The molecule has 0 heterocycles. The van der Waals surface area contributed by atoms with Crippen LogP contribution >= 0.6 is 11.6 Å². The van der Waals surface area contributed by atoms with Gasteiger partial charge in [0.25, 0.3) is 0 Å². The van der Waals surface area contributed by atoms with Gasteiger partial charge >= 0.3 is 5.97 Å². The van der Waals surface area contributed by atoms with Crippen molar-refractivity contribution in [2.45, 2.75) is 18.6 Å². The lowest BCUT2D eigenvalue weighted by molar-refractivity contribution is 0.0215. The van der Waals surface area contributed by atoms with E-state index in [1.165, 1.54) is 25.3 Å². The minimum absolute atomic E-state index is 0.0971. The zero-order valence-electron chi connectivity index (χ0n) is 9.63. The summed E-state index contributed by atoms with van der Waals surface area (Å²) in [4.78, 5) is 11.4. The number of halogens is 1. The number of aliphatic hydroxyl groups excluding tert-OH is 2. The molecule has 1 aromatic carbocycles. The van der Waals surface area contributed by atoms with Crippen molar-refractivity contribution < 1.29 is 19.7 Å². The molecule has 0 aliphatic rings. The van der Waals surface area contributed by atoms with Gasteiger partial charge in [-0.1, -0.05) is 17.7 Å². The molecule has 0 radical (unpaired) electrons. The molecule has 18 heavy (non-hydrogen) atoms. The summed E-state index contributed by atoms with van der Waals surface area (Å²) >= 11 is 5.82. The highest BCUT2D eigenvalue weighted by atomic mass is 35.5. The lowest BCUT2D eigenvalue weighted by Crippen LogP contribution is -2.18. The largest absolute Gasteiger partial charge is 0.465 e. The number of carbonyl (C=O) groups excluding carboxylic acids is 1. The van der Waals surface area contributed by atoms with Crippen LogP contribution in [0.2, 0.25) is 5.02 Å². The average Bonchev–Trinajstić information content (AvgIpc) is 2.38. The van der Waals surface area contributed by atoms with E-state index in [-0.39, 0.29) is 17.0 Å². The molecule has 0 saturated heterocycles. The van der Waals surface area contributed by atoms with E-state index in [0.29, 0.717) is 5.56 Å². The summed E-state index contributed by atoms with van der Waals surface area (Å²) in [5.74, 6) is -0.635. The van der Waals surface area contributed by atoms with Crippen LogP contribution in [0.4, 0.5) is 0 Å². The number of rotatable bonds is 4. The summed E-state index contributed by atoms with van der Waals surface area (Å²) in [6.07, 6.45) is -2.69. The van der Waals surface area contributed by atoms with E-state index in [1.54, 1.807) is 6.07 Å². The first-order chi connectivity index (χ1) is 8.51. The van der Waals surface area contributed by atoms with Gasteiger partial charge in [0.05, 0.1) is 36.3 Å². The Morgan fingerprint density at radius 1 is 1.56 bits per heavy atom. The van der Waals surface area contributed by atoms with E-state index >= 15 is 0 Å². The Kier molecular flexibility index (Phi) is 5.10. The first-order valence-electron chi connectivity index (χ1n) is 5.12. The predicted molar refractivity (Wildman–Crippen MR) is 64.0 cm³/mol. The van der Waals surface area contributed by atoms with Crippen LogP contribution in [0.25, 0.3) is 0 Å². The van der Waals surface area contributed by atoms with Gasteiger partial charge in [-0.2, -0.15) is 5.26 Å². The maximum atomic E-state index is 11.4. The molecule has 0 aliphatic heterocycles. The lowest BCUT2D eigenvalue weighted by Gasteiger charge is -2.16. The quantitative estimate of drug-likeness (QED) is 0.807. The number of methoxy groups -OCH3 is 1. The molecule has 0 spiro atoms. The Hall–Kier alpha value is -1.61. The number of aliphatic hydroxyl groups is 2. The van der Waals surface area contributed by atoms with Crippen molar-refractivity contribution in [2.24, 2.45) is 0 Å². The highest BCUT2D eigenvalue weighted by Crippen LogP contribution is 2.24. The van der Waals surface area contributed by atoms with E-state index in [2.05, 4.69) is 4.74 Å². The maximum absolute atomic E-state index is 11.4. The molecular weight excluding hydrogens is 258 g/mol. The highest BCUT2D eigenvalue weighted by Gasteiger charge is 2.20. The van der Waals surface area contributed by atoms with Crippen LogP contribution in [0, 0.1) is 11.3 Å². The third kappa shape index (κ3) is 3.20. The smallest absolute Gasteiger partial charge is 0.339 e. The zero-order chi connectivity index (χ0) is 13.7. The molecule has 0 bridgehead atoms. The van der Waals surface area contributed by atoms with Gasteiger partial charge in [-0.25, -0.2) is 4.79 Å². The summed E-state index contributed by atoms with van der Waals surface area (Å²) in [5, 5.41) is 27.9. The average molecular weight is 270 g/mol. The number of ether oxygens (including phenoxy) is 1. The first kappa shape index (κ1) is 14.5. The predicted octanol–water partition coefficient (Wildman–Crippen LogP) is 1.43. The minimum atomic E-state index is -1.26. The second-order valence-electron chi connectivity index (χ2n) is 3.61. The van der Waals surface area contributed by atoms with Crippen molar-refractivity contribution in [3.63, 3.8) is 0 Å². The van der Waals surface area contributed by atoms with Crippen molar-refractivity contribution in [1.82, 2.24) is 0 Å². The first-order valence-corrected chi connectivity index (χ1v) is 5.50. The maximum Gasteiger partial charge on any atom is 0.339 e. The zero-order valence-corrected chi connectivity index (χ0v) is 10.4. The molecule has 0 amide bonds. The topological polar surface area (TPSA) is 90.6 Å². The van der Waals surface area contributed by atoms with Crippen molar-refractivity contribution in [2.75, 3.05) is 7.11 Å². The number of esters is 1. The lowest BCUT2D eigenvalue weighted by atomic mass is 10.0. The Morgan fingerprint density at radius 2 is 2.22 bits per heavy atom. The number of nitrogens with zero attached hydrogens (tertiary/aromatic N) is 1. The molecule has 2 unspecified atom stereocenters. The van der Waals surface area contributed by atoms with Crippen LogP contribution in [0.5, 0.6) is 0 Å². The van der Waals surface area contributed by atoms with Gasteiger partial charge in [-0.3, -0.25) is 0 Å². The number of nitriles is 1. The Labute approximate surface area is 109 Å². The van der Waals surface area contributed by atoms with Crippen LogP contribution in [0.3, 0.4) is 0 Å². The molecule has 96 valence electrons. The minimum Gasteiger partial charge on any atom is -0.465 e. The van der Waals surface area contributed by atoms with E-state index in [0.717, 1.165) is 0 Å². The molecule has 1 rings (SSSR count). The molecule has 0 aromatic heterocycles. The number of benzene rings is 1. The molecule has 0 fully saturated rings. The Bertz CT molecular complexity index is 483. The second-order valence-corrected chi connectivity index (χ2v) is 4.01. The van der Waals surface area contributed by atoms with Gasteiger partial charge in [-0.15, -0.1) is 0 Å². The second kappa shape index (κ2) is 6.36. The summed E-state index contributed by atoms with van der Waals surface area (Å²) < 4.78 is 4.54. The Morgan fingerprint density at radius 3 is 2.78 bits per heavy atom. The van der Waals surface area contributed by atoms with E-state index in [4.69, 9.17) is 16.9 Å². The van der Waals surface area contributed by atoms with Crippen LogP contribution in [-0.2, 0) is 4.74 Å². The molecule has 2 N–H and O–H groups in total. The van der Waals surface area contributed by atoms with Gasteiger partial charge in [0, 0.05) is 0 Å². The molecule has 1 aromatic rings. The summed E-state index contributed by atoms with van der Waals surface area (Å²) in [6, 6.07) is 5.98. The SMILES string of the molecule is COC(=O)c1cc(C(O)C(O)CC#N)ccc1Cl. The van der Waals surface area contributed by atoms with Crippen molar-refractivity contribution in [3.05, 3.63) is 34.3 Å². The fourth-order valence-corrected chi connectivity index (χ4v) is 1.62. The van der Waals surface area contributed by atoms with Gasteiger partial charge < -0.3 is 14.9 Å². The molecule has 5 nitrogen and oxygen atoms in total. The normalized spacial score (nSPS) is 13.5. The molecular formula is C12H12ClNO4. The fourth-order valence-electron chi connectivity index (χ4n) is 1.42. The third-order valence-corrected chi connectivity index (χ3v) is 2.73. The monoisotopic (exact) mass is 269 g/mol. The summed E-state index contributed by atoms with van der Waals surface area (Å²) in [7, 11) is 1.21. The van der Waals surface area contributed by atoms with E-state index in [9.17, 15) is 15.0 Å². The van der Waals surface area contributed by atoms with Crippen molar-refractivity contribution in [3.8, 4) is 6.07 Å². The van der Waals surface area contributed by atoms with Crippen LogP contribution in [0.1, 0.15) is 28.4 Å². The number of carbonyl (C=O) groups is 1. The van der Waals surface area contributed by atoms with Crippen molar-refractivity contribution in [1.29, 1.82) is 5.26 Å².